The lowest BCUT2D eigenvalue weighted by atomic mass is 9.96. The quantitative estimate of drug-likeness (QED) is 0.769. The average molecular weight is 297 g/mol. The molecule has 0 spiro atoms. The first-order chi connectivity index (χ1) is 9.58. The molecule has 0 aliphatic carbocycles. The number of nitrogens with one attached hydrogen (secondary N) is 1. The van der Waals surface area contributed by atoms with Crippen molar-refractivity contribution in [1.82, 2.24) is 5.32 Å². The molecule has 3 N–H and O–H groups in total. The summed E-state index contributed by atoms with van der Waals surface area (Å²) in [4.78, 5) is 12.0. The Balaban J connectivity index is 2.44. The Bertz CT molecular complexity index is 423. The van der Waals surface area contributed by atoms with Gasteiger partial charge in [-0.15, -0.1) is 0 Å². The molecular weight excluding hydrogens is 272 g/mol. The summed E-state index contributed by atoms with van der Waals surface area (Å²) in [5.41, 5.74) is 6.52. The van der Waals surface area contributed by atoms with E-state index in [0.29, 0.717) is 23.9 Å². The predicted octanol–water partition coefficient (Wildman–Crippen LogP) is 3.67. The lowest BCUT2D eigenvalue weighted by Gasteiger charge is -2.17. The maximum atomic E-state index is 12.0. The SMILES string of the molecule is CCC(CCN)CCC(=O)N[C@H](C)c1ccccc1Cl. The molecule has 1 amide bonds. The van der Waals surface area contributed by atoms with Gasteiger partial charge in [0.05, 0.1) is 6.04 Å². The standard InChI is InChI=1S/C16H25ClN2O/c1-3-13(10-11-18)8-9-16(20)19-12(2)14-6-4-5-7-15(14)17/h4-7,12-13H,3,8-11,18H2,1-2H3,(H,19,20)/t12-,13?/m1/s1. The van der Waals surface area contributed by atoms with Crippen LogP contribution in [0.5, 0.6) is 0 Å². The summed E-state index contributed by atoms with van der Waals surface area (Å²) in [6, 6.07) is 7.53. The third-order valence-corrected chi connectivity index (χ3v) is 4.03. The molecule has 112 valence electrons. The van der Waals surface area contributed by atoms with E-state index in [1.54, 1.807) is 0 Å². The van der Waals surface area contributed by atoms with Crippen molar-refractivity contribution in [2.45, 2.75) is 45.6 Å². The fourth-order valence-corrected chi connectivity index (χ4v) is 2.64. The minimum Gasteiger partial charge on any atom is -0.350 e. The molecule has 4 heteroatoms. The van der Waals surface area contributed by atoms with Crippen LogP contribution >= 0.6 is 11.6 Å². The lowest BCUT2D eigenvalue weighted by molar-refractivity contribution is -0.122. The fraction of sp³-hybridized carbons (Fsp3) is 0.562. The second-order valence-corrected chi connectivity index (χ2v) is 5.61. The van der Waals surface area contributed by atoms with E-state index >= 15 is 0 Å². The third-order valence-electron chi connectivity index (χ3n) is 3.68. The Morgan fingerprint density at radius 2 is 2.05 bits per heavy atom. The molecule has 0 radical (unpaired) electrons. The van der Waals surface area contributed by atoms with Crippen molar-refractivity contribution in [3.63, 3.8) is 0 Å². The fourth-order valence-electron chi connectivity index (χ4n) is 2.34. The topological polar surface area (TPSA) is 55.1 Å². The third kappa shape index (κ3) is 5.51. The monoisotopic (exact) mass is 296 g/mol. The van der Waals surface area contributed by atoms with Crippen molar-refractivity contribution in [3.05, 3.63) is 34.9 Å². The molecule has 20 heavy (non-hydrogen) atoms. The average Bonchev–Trinajstić information content (AvgIpc) is 2.43. The molecule has 1 aromatic rings. The highest BCUT2D eigenvalue weighted by atomic mass is 35.5. The van der Waals surface area contributed by atoms with Gasteiger partial charge < -0.3 is 11.1 Å². The van der Waals surface area contributed by atoms with Crippen LogP contribution in [0.15, 0.2) is 24.3 Å². The Kier molecular flexibility index (Phi) is 7.63. The van der Waals surface area contributed by atoms with E-state index < -0.39 is 0 Å². The Labute approximate surface area is 126 Å². The van der Waals surface area contributed by atoms with E-state index in [4.69, 9.17) is 17.3 Å². The molecule has 1 unspecified atom stereocenters. The zero-order valence-electron chi connectivity index (χ0n) is 12.4. The largest absolute Gasteiger partial charge is 0.350 e. The van der Waals surface area contributed by atoms with E-state index in [9.17, 15) is 4.79 Å². The number of benzene rings is 1. The van der Waals surface area contributed by atoms with E-state index in [1.807, 2.05) is 31.2 Å². The van der Waals surface area contributed by atoms with Crippen LogP contribution in [0.2, 0.25) is 5.02 Å². The molecule has 2 atom stereocenters. The number of nitrogens with two attached hydrogens (primary N) is 1. The Hall–Kier alpha value is -1.06. The van der Waals surface area contributed by atoms with Gasteiger partial charge in [-0.1, -0.05) is 43.1 Å². The number of hydrogen-bond acceptors (Lipinski definition) is 2. The first-order valence-electron chi connectivity index (χ1n) is 7.32. The molecule has 0 fully saturated rings. The minimum absolute atomic E-state index is 0.0641. The van der Waals surface area contributed by atoms with Crippen molar-refractivity contribution in [3.8, 4) is 0 Å². The zero-order valence-corrected chi connectivity index (χ0v) is 13.1. The van der Waals surface area contributed by atoms with Gasteiger partial charge in [0, 0.05) is 11.4 Å². The van der Waals surface area contributed by atoms with Crippen LogP contribution in [0.1, 0.15) is 51.1 Å². The molecule has 1 rings (SSSR count). The second kappa shape index (κ2) is 8.98. The van der Waals surface area contributed by atoms with Gasteiger partial charge in [0.1, 0.15) is 0 Å². The highest BCUT2D eigenvalue weighted by molar-refractivity contribution is 6.31. The van der Waals surface area contributed by atoms with Gasteiger partial charge in [-0.25, -0.2) is 0 Å². The molecule has 0 aliphatic heterocycles. The van der Waals surface area contributed by atoms with Gasteiger partial charge in [0.15, 0.2) is 0 Å². The van der Waals surface area contributed by atoms with Crippen molar-refractivity contribution in [1.29, 1.82) is 0 Å². The maximum Gasteiger partial charge on any atom is 0.220 e. The Morgan fingerprint density at radius 3 is 2.65 bits per heavy atom. The lowest BCUT2D eigenvalue weighted by Crippen LogP contribution is -2.27. The van der Waals surface area contributed by atoms with E-state index in [-0.39, 0.29) is 11.9 Å². The molecule has 0 bridgehead atoms. The Morgan fingerprint density at radius 1 is 1.35 bits per heavy atom. The first kappa shape index (κ1) is 17.0. The van der Waals surface area contributed by atoms with Crippen molar-refractivity contribution in [2.75, 3.05) is 6.54 Å². The van der Waals surface area contributed by atoms with Gasteiger partial charge in [-0.05, 0) is 43.9 Å². The van der Waals surface area contributed by atoms with Gasteiger partial charge in [0.25, 0.3) is 0 Å². The van der Waals surface area contributed by atoms with E-state index in [0.717, 1.165) is 24.8 Å². The van der Waals surface area contributed by atoms with Gasteiger partial charge in [-0.2, -0.15) is 0 Å². The van der Waals surface area contributed by atoms with Crippen molar-refractivity contribution >= 4 is 17.5 Å². The molecule has 0 saturated heterocycles. The van der Waals surface area contributed by atoms with Crippen LogP contribution < -0.4 is 11.1 Å². The van der Waals surface area contributed by atoms with Crippen molar-refractivity contribution in [2.24, 2.45) is 11.7 Å². The summed E-state index contributed by atoms with van der Waals surface area (Å²) in [5.74, 6) is 0.620. The molecule has 0 aliphatic rings. The molecule has 0 heterocycles. The molecule has 0 aromatic heterocycles. The van der Waals surface area contributed by atoms with Gasteiger partial charge in [0.2, 0.25) is 5.91 Å². The highest BCUT2D eigenvalue weighted by Crippen LogP contribution is 2.22. The molecule has 3 nitrogen and oxygen atoms in total. The first-order valence-corrected chi connectivity index (χ1v) is 7.70. The number of halogens is 1. The number of carbonyl (C=O) groups excluding carboxylic acids is 1. The molecule has 0 saturated carbocycles. The maximum absolute atomic E-state index is 12.0. The van der Waals surface area contributed by atoms with E-state index in [1.165, 1.54) is 0 Å². The van der Waals surface area contributed by atoms with Crippen LogP contribution in [-0.2, 0) is 4.79 Å². The molecule has 1 aromatic carbocycles. The van der Waals surface area contributed by atoms with Crippen LogP contribution in [0.25, 0.3) is 0 Å². The number of hydrogen-bond donors (Lipinski definition) is 2. The highest BCUT2D eigenvalue weighted by Gasteiger charge is 2.13. The summed E-state index contributed by atoms with van der Waals surface area (Å²) in [5, 5.41) is 3.69. The van der Waals surface area contributed by atoms with E-state index in [2.05, 4.69) is 12.2 Å². The minimum atomic E-state index is -0.0641. The predicted molar refractivity (Wildman–Crippen MR) is 84.7 cm³/mol. The van der Waals surface area contributed by atoms with Crippen LogP contribution in [0.4, 0.5) is 0 Å². The molecular formula is C16H25ClN2O. The zero-order chi connectivity index (χ0) is 15.0. The van der Waals surface area contributed by atoms with Crippen LogP contribution in [0.3, 0.4) is 0 Å². The number of rotatable bonds is 8. The summed E-state index contributed by atoms with van der Waals surface area (Å²) in [6.45, 7) is 4.79. The second-order valence-electron chi connectivity index (χ2n) is 5.20. The summed E-state index contributed by atoms with van der Waals surface area (Å²) in [6.07, 6.45) is 3.51. The number of amides is 1. The summed E-state index contributed by atoms with van der Waals surface area (Å²) < 4.78 is 0. The number of carbonyl (C=O) groups is 1. The van der Waals surface area contributed by atoms with Gasteiger partial charge in [-0.3, -0.25) is 4.79 Å². The van der Waals surface area contributed by atoms with Crippen molar-refractivity contribution < 1.29 is 4.79 Å². The van der Waals surface area contributed by atoms with Gasteiger partial charge >= 0.3 is 0 Å². The van der Waals surface area contributed by atoms with Crippen LogP contribution in [-0.4, -0.2) is 12.5 Å². The summed E-state index contributed by atoms with van der Waals surface area (Å²) in [7, 11) is 0. The van der Waals surface area contributed by atoms with Crippen LogP contribution in [0, 0.1) is 5.92 Å². The smallest absolute Gasteiger partial charge is 0.220 e. The summed E-state index contributed by atoms with van der Waals surface area (Å²) >= 11 is 6.13. The normalized spacial score (nSPS) is 13.8.